The third-order valence-electron chi connectivity index (χ3n) is 7.72. The lowest BCUT2D eigenvalue weighted by atomic mass is 10.0. The molecular weight excluding hydrogens is 607 g/mol. The predicted molar refractivity (Wildman–Crippen MR) is 192 cm³/mol. The molecular formula is C36H75O9P. The SMILES string of the molecule is CCCCCCCC/C=C\CCCCCCCC(=O)O.CCCCCCCCCCP(C)(C)=O.OCC(O)C(O)C(O)C(O)CO. The second-order valence-corrected chi connectivity index (χ2v) is 16.6. The standard InChI is InChI=1S/C18H34O2.C12H27OP.C6H14O6/c1-2-3-4-5-6-7-8-9-10-11-12-13-14-15-16-17-18(19)20;1-4-5-6-7-8-9-10-11-12-14(2,3)13;7-1-3(9)5(11)6(12)4(10)2-8/h9-10H,2-8,11-17H2,1H3,(H,19,20);4-12H2,1-3H3;3-12H,1-2H2/b10-9-;;. The molecule has 0 aliphatic rings. The minimum atomic E-state index is -1.73. The summed E-state index contributed by atoms with van der Waals surface area (Å²) in [7, 11) is -1.73. The van der Waals surface area contributed by atoms with Gasteiger partial charge in [0.05, 0.1) is 20.4 Å². The fourth-order valence-corrected chi connectivity index (χ4v) is 5.63. The number of hydrogen-bond donors (Lipinski definition) is 7. The summed E-state index contributed by atoms with van der Waals surface area (Å²) >= 11 is 0. The molecule has 4 unspecified atom stereocenters. The highest BCUT2D eigenvalue weighted by Crippen LogP contribution is 2.36. The first kappa shape index (κ1) is 49.6. The van der Waals surface area contributed by atoms with Crippen LogP contribution in [-0.2, 0) is 9.36 Å². The minimum Gasteiger partial charge on any atom is -0.481 e. The van der Waals surface area contributed by atoms with Crippen LogP contribution in [0.5, 0.6) is 0 Å². The summed E-state index contributed by atoms with van der Waals surface area (Å²) in [6.07, 6.45) is 26.5. The van der Waals surface area contributed by atoms with E-state index in [0.29, 0.717) is 6.42 Å². The van der Waals surface area contributed by atoms with Crippen molar-refractivity contribution in [1.29, 1.82) is 0 Å². The number of allylic oxidation sites excluding steroid dienone is 2. The molecule has 4 atom stereocenters. The van der Waals surface area contributed by atoms with Gasteiger partial charge in [0.1, 0.15) is 24.4 Å². The molecule has 0 saturated carbocycles. The predicted octanol–water partition coefficient (Wildman–Crippen LogP) is 7.27. The molecule has 0 radical (unpaired) electrons. The van der Waals surface area contributed by atoms with Gasteiger partial charge in [0.25, 0.3) is 0 Å². The van der Waals surface area contributed by atoms with Gasteiger partial charge in [-0.15, -0.1) is 0 Å². The molecule has 0 heterocycles. The maximum absolute atomic E-state index is 11.4. The Labute approximate surface area is 282 Å². The normalized spacial score (nSPS) is 14.1. The molecule has 10 heteroatoms. The van der Waals surface area contributed by atoms with Gasteiger partial charge in [0.2, 0.25) is 0 Å². The zero-order valence-corrected chi connectivity index (χ0v) is 30.9. The molecule has 0 aromatic heterocycles. The van der Waals surface area contributed by atoms with E-state index in [4.69, 9.17) is 35.7 Å². The number of carbonyl (C=O) groups is 1. The zero-order valence-electron chi connectivity index (χ0n) is 30.0. The summed E-state index contributed by atoms with van der Waals surface area (Å²) in [5, 5.41) is 60.7. The highest BCUT2D eigenvalue weighted by atomic mass is 31.2. The van der Waals surface area contributed by atoms with E-state index in [1.54, 1.807) is 0 Å². The van der Waals surface area contributed by atoms with E-state index in [-0.39, 0.29) is 0 Å². The van der Waals surface area contributed by atoms with E-state index in [1.165, 1.54) is 116 Å². The van der Waals surface area contributed by atoms with Crippen LogP contribution in [-0.4, -0.2) is 98.8 Å². The number of aliphatic hydroxyl groups excluding tert-OH is 6. The number of carboxylic acid groups (broad SMARTS) is 1. The summed E-state index contributed by atoms with van der Waals surface area (Å²) in [5.74, 6) is -0.664. The van der Waals surface area contributed by atoms with Crippen molar-refractivity contribution < 1.29 is 45.1 Å². The van der Waals surface area contributed by atoms with Crippen LogP contribution >= 0.6 is 7.14 Å². The number of hydrogen-bond acceptors (Lipinski definition) is 8. The van der Waals surface area contributed by atoms with E-state index in [2.05, 4.69) is 26.0 Å². The fourth-order valence-electron chi connectivity index (χ4n) is 4.64. The minimum absolute atomic E-state index is 0.332. The summed E-state index contributed by atoms with van der Waals surface area (Å²) in [6.45, 7) is 6.85. The highest BCUT2D eigenvalue weighted by molar-refractivity contribution is 7.62. The molecule has 0 fully saturated rings. The largest absolute Gasteiger partial charge is 0.481 e. The second-order valence-electron chi connectivity index (χ2n) is 13.0. The van der Waals surface area contributed by atoms with Gasteiger partial charge in [-0.1, -0.05) is 122 Å². The average Bonchev–Trinajstić information content (AvgIpc) is 3.02. The van der Waals surface area contributed by atoms with Crippen molar-refractivity contribution in [3.8, 4) is 0 Å². The van der Waals surface area contributed by atoms with Gasteiger partial charge in [0, 0.05) is 12.6 Å². The first-order valence-electron chi connectivity index (χ1n) is 18.2. The van der Waals surface area contributed by atoms with Gasteiger partial charge in [-0.3, -0.25) is 4.79 Å². The number of carboxylic acids is 1. The van der Waals surface area contributed by atoms with Crippen molar-refractivity contribution in [3.05, 3.63) is 12.2 Å². The second kappa shape index (κ2) is 37.0. The van der Waals surface area contributed by atoms with E-state index in [1.807, 2.05) is 13.3 Å². The van der Waals surface area contributed by atoms with Crippen LogP contribution in [0.3, 0.4) is 0 Å². The van der Waals surface area contributed by atoms with Gasteiger partial charge < -0.3 is 40.3 Å². The molecule has 0 aromatic carbocycles. The summed E-state index contributed by atoms with van der Waals surface area (Å²) in [6, 6.07) is 0. The van der Waals surface area contributed by atoms with Crippen LogP contribution < -0.4 is 0 Å². The molecule has 46 heavy (non-hydrogen) atoms. The third kappa shape index (κ3) is 41.2. The lowest BCUT2D eigenvalue weighted by molar-refractivity contribution is -0.137. The molecule has 0 bridgehead atoms. The number of unbranched alkanes of at least 4 members (excludes halogenated alkanes) is 18. The van der Waals surface area contributed by atoms with Crippen LogP contribution in [0.25, 0.3) is 0 Å². The van der Waals surface area contributed by atoms with Crippen molar-refractivity contribution in [2.24, 2.45) is 0 Å². The maximum atomic E-state index is 11.4. The van der Waals surface area contributed by atoms with E-state index in [0.717, 1.165) is 25.4 Å². The number of rotatable bonds is 29. The molecule has 0 aliphatic heterocycles. The van der Waals surface area contributed by atoms with Crippen molar-refractivity contribution >= 4 is 13.1 Å². The van der Waals surface area contributed by atoms with E-state index in [9.17, 15) is 9.36 Å². The molecule has 0 saturated heterocycles. The monoisotopic (exact) mass is 683 g/mol. The number of aliphatic hydroxyl groups is 6. The average molecular weight is 683 g/mol. The van der Waals surface area contributed by atoms with Crippen LogP contribution in [0.15, 0.2) is 12.2 Å². The molecule has 278 valence electrons. The Bertz CT molecular complexity index is 685. The van der Waals surface area contributed by atoms with Crippen LogP contribution in [0.1, 0.15) is 155 Å². The van der Waals surface area contributed by atoms with Crippen molar-refractivity contribution in [1.82, 2.24) is 0 Å². The zero-order chi connectivity index (χ0) is 35.5. The Morgan fingerprint density at radius 3 is 1.22 bits per heavy atom. The van der Waals surface area contributed by atoms with Crippen LogP contribution in [0, 0.1) is 0 Å². The van der Waals surface area contributed by atoms with Crippen molar-refractivity contribution in [3.63, 3.8) is 0 Å². The van der Waals surface area contributed by atoms with Crippen molar-refractivity contribution in [2.45, 2.75) is 180 Å². The Hall–Kier alpha value is -0.800. The van der Waals surface area contributed by atoms with E-state index < -0.39 is 50.7 Å². The van der Waals surface area contributed by atoms with Gasteiger partial charge in [-0.2, -0.15) is 0 Å². The van der Waals surface area contributed by atoms with Crippen molar-refractivity contribution in [2.75, 3.05) is 32.7 Å². The molecule has 0 aromatic rings. The first-order chi connectivity index (χ1) is 21.9. The smallest absolute Gasteiger partial charge is 0.303 e. The topological polar surface area (TPSA) is 176 Å². The molecule has 0 rings (SSSR count). The lowest BCUT2D eigenvalue weighted by Gasteiger charge is -2.24. The van der Waals surface area contributed by atoms with Gasteiger partial charge in [-0.05, 0) is 51.9 Å². The van der Waals surface area contributed by atoms with Crippen LogP contribution in [0.2, 0.25) is 0 Å². The summed E-state index contributed by atoms with van der Waals surface area (Å²) < 4.78 is 11.4. The fraction of sp³-hybridized carbons (Fsp3) is 0.917. The lowest BCUT2D eigenvalue weighted by Crippen LogP contribution is -2.46. The molecule has 0 spiro atoms. The summed E-state index contributed by atoms with van der Waals surface area (Å²) in [5.41, 5.74) is 0. The summed E-state index contributed by atoms with van der Waals surface area (Å²) in [4.78, 5) is 10.3. The Morgan fingerprint density at radius 2 is 0.891 bits per heavy atom. The van der Waals surface area contributed by atoms with Gasteiger partial charge in [-0.25, -0.2) is 0 Å². The number of aliphatic carboxylic acids is 1. The Morgan fingerprint density at radius 1 is 0.565 bits per heavy atom. The molecule has 7 N–H and O–H groups in total. The molecule has 0 aliphatic carbocycles. The Kier molecular flexibility index (Phi) is 39.9. The van der Waals surface area contributed by atoms with Crippen LogP contribution in [0.4, 0.5) is 0 Å². The quantitative estimate of drug-likeness (QED) is 0.0243. The highest BCUT2D eigenvalue weighted by Gasteiger charge is 2.29. The van der Waals surface area contributed by atoms with E-state index >= 15 is 0 Å². The maximum Gasteiger partial charge on any atom is 0.303 e. The first-order valence-corrected chi connectivity index (χ1v) is 21.0. The molecule has 9 nitrogen and oxygen atoms in total. The third-order valence-corrected chi connectivity index (χ3v) is 9.11. The van der Waals surface area contributed by atoms with Gasteiger partial charge in [0.15, 0.2) is 0 Å². The molecule has 0 amide bonds. The van der Waals surface area contributed by atoms with Gasteiger partial charge >= 0.3 is 5.97 Å². The Balaban J connectivity index is -0.000000628.